The number of thioether (sulfide) groups is 1. The summed E-state index contributed by atoms with van der Waals surface area (Å²) in [4.78, 5) is 17.0. The van der Waals surface area contributed by atoms with Crippen molar-refractivity contribution in [2.24, 2.45) is 0 Å². The van der Waals surface area contributed by atoms with Gasteiger partial charge in [0.25, 0.3) is 5.91 Å². The molecule has 0 radical (unpaired) electrons. The van der Waals surface area contributed by atoms with Crippen LogP contribution in [0.15, 0.2) is 34.1 Å². The molecule has 0 fully saturated rings. The monoisotopic (exact) mass is 385 g/mol. The Hall–Kier alpha value is -2.61. The number of nitrogens with one attached hydrogen (secondary N) is 2. The molecule has 7 nitrogen and oxygen atoms in total. The molecule has 8 heteroatoms. The fraction of sp³-hybridized carbons (Fsp3) is 0.368. The van der Waals surface area contributed by atoms with Gasteiger partial charge >= 0.3 is 0 Å². The van der Waals surface area contributed by atoms with Crippen LogP contribution in [0.1, 0.15) is 45.1 Å². The zero-order chi connectivity index (χ0) is 19.2. The Morgan fingerprint density at radius 1 is 1.33 bits per heavy atom. The normalized spacial score (nSPS) is 10.9. The van der Waals surface area contributed by atoms with Crippen molar-refractivity contribution in [2.45, 2.75) is 44.4 Å². The number of aromatic amines is 1. The highest BCUT2D eigenvalue weighted by Crippen LogP contribution is 2.27. The zero-order valence-electron chi connectivity index (χ0n) is 15.7. The first-order valence-corrected chi connectivity index (χ1v) is 9.81. The summed E-state index contributed by atoms with van der Waals surface area (Å²) in [7, 11) is 0. The van der Waals surface area contributed by atoms with E-state index in [-0.39, 0.29) is 5.91 Å². The number of amides is 1. The molecule has 3 aromatic heterocycles. The van der Waals surface area contributed by atoms with Gasteiger partial charge in [0.05, 0.1) is 17.5 Å². The third kappa shape index (κ3) is 4.77. The lowest BCUT2D eigenvalue weighted by Gasteiger charge is -2.09. The number of H-pyrrole nitrogens is 1. The van der Waals surface area contributed by atoms with Gasteiger partial charge in [-0.05, 0) is 51.3 Å². The van der Waals surface area contributed by atoms with Gasteiger partial charge in [0.2, 0.25) is 0 Å². The van der Waals surface area contributed by atoms with Gasteiger partial charge in [0, 0.05) is 29.8 Å². The Morgan fingerprint density at radius 3 is 2.89 bits per heavy atom. The molecule has 0 saturated heterocycles. The van der Waals surface area contributed by atoms with E-state index in [2.05, 4.69) is 25.7 Å². The van der Waals surface area contributed by atoms with E-state index in [1.165, 1.54) is 17.3 Å². The molecule has 0 atom stereocenters. The molecule has 0 saturated carbocycles. The summed E-state index contributed by atoms with van der Waals surface area (Å²) in [6.45, 7) is 6.41. The summed E-state index contributed by atoms with van der Waals surface area (Å²) in [5.41, 5.74) is 4.77. The topological polar surface area (TPSA) is 96.7 Å². The largest absolute Gasteiger partial charge is 0.361 e. The van der Waals surface area contributed by atoms with Crippen molar-refractivity contribution in [1.82, 2.24) is 25.7 Å². The van der Waals surface area contributed by atoms with Gasteiger partial charge in [-0.15, -0.1) is 11.8 Å². The predicted molar refractivity (Wildman–Crippen MR) is 104 cm³/mol. The summed E-state index contributed by atoms with van der Waals surface area (Å²) in [6, 6.07) is 3.59. The van der Waals surface area contributed by atoms with Gasteiger partial charge in [-0.2, -0.15) is 5.10 Å². The van der Waals surface area contributed by atoms with Gasteiger partial charge in [-0.25, -0.2) is 4.98 Å². The van der Waals surface area contributed by atoms with Crippen LogP contribution in [-0.4, -0.2) is 32.8 Å². The number of rotatable bonds is 8. The fourth-order valence-corrected chi connectivity index (χ4v) is 3.88. The number of aryl methyl sites for hydroxylation is 4. The van der Waals surface area contributed by atoms with Crippen LogP contribution in [-0.2, 0) is 12.2 Å². The Labute approximate surface area is 162 Å². The minimum absolute atomic E-state index is 0.103. The number of hydrogen-bond acceptors (Lipinski definition) is 6. The van der Waals surface area contributed by atoms with Crippen molar-refractivity contribution in [2.75, 3.05) is 6.54 Å². The molecule has 3 heterocycles. The molecule has 0 aliphatic carbocycles. The predicted octanol–water partition coefficient (Wildman–Crippen LogP) is 3.37. The number of hydrogen-bond donors (Lipinski definition) is 2. The van der Waals surface area contributed by atoms with E-state index in [9.17, 15) is 4.79 Å². The average Bonchev–Trinajstić information content (AvgIpc) is 3.22. The third-order valence-electron chi connectivity index (χ3n) is 4.39. The summed E-state index contributed by atoms with van der Waals surface area (Å²) in [6.07, 6.45) is 5.27. The van der Waals surface area contributed by atoms with Crippen molar-refractivity contribution >= 4 is 17.7 Å². The summed E-state index contributed by atoms with van der Waals surface area (Å²) < 4.78 is 5.20. The lowest BCUT2D eigenvalue weighted by Crippen LogP contribution is -2.25. The highest BCUT2D eigenvalue weighted by molar-refractivity contribution is 7.98. The maximum absolute atomic E-state index is 12.6. The van der Waals surface area contributed by atoms with E-state index in [0.717, 1.165) is 35.6 Å². The first kappa shape index (κ1) is 19.2. The van der Waals surface area contributed by atoms with Crippen LogP contribution in [0, 0.1) is 20.8 Å². The quantitative estimate of drug-likeness (QED) is 0.456. The number of pyridine rings is 1. The highest BCUT2D eigenvalue weighted by Gasteiger charge is 2.15. The van der Waals surface area contributed by atoms with Gasteiger partial charge in [-0.1, -0.05) is 5.16 Å². The molecule has 1 amide bonds. The number of carbonyl (C=O) groups excluding carboxylic acids is 1. The van der Waals surface area contributed by atoms with Crippen LogP contribution in [0.5, 0.6) is 0 Å². The Kier molecular flexibility index (Phi) is 6.28. The summed E-state index contributed by atoms with van der Waals surface area (Å²) >= 11 is 1.52. The van der Waals surface area contributed by atoms with E-state index in [1.54, 1.807) is 18.3 Å². The van der Waals surface area contributed by atoms with E-state index in [1.807, 2.05) is 27.0 Å². The molecule has 0 spiro atoms. The molecular weight excluding hydrogens is 362 g/mol. The van der Waals surface area contributed by atoms with Crippen molar-refractivity contribution in [3.63, 3.8) is 0 Å². The molecule has 0 aliphatic rings. The lowest BCUT2D eigenvalue weighted by atomic mass is 10.1. The van der Waals surface area contributed by atoms with Crippen LogP contribution in [0.3, 0.4) is 0 Å². The first-order chi connectivity index (χ1) is 13.1. The number of aromatic nitrogens is 4. The van der Waals surface area contributed by atoms with Crippen LogP contribution in [0.25, 0.3) is 0 Å². The van der Waals surface area contributed by atoms with Gasteiger partial charge in [0.1, 0.15) is 10.8 Å². The Morgan fingerprint density at radius 2 is 2.19 bits per heavy atom. The van der Waals surface area contributed by atoms with Crippen molar-refractivity contribution in [3.8, 4) is 0 Å². The van der Waals surface area contributed by atoms with E-state index < -0.39 is 0 Å². The van der Waals surface area contributed by atoms with Gasteiger partial charge < -0.3 is 9.84 Å². The second-order valence-electron chi connectivity index (χ2n) is 6.33. The molecule has 0 unspecified atom stereocenters. The molecule has 142 valence electrons. The second kappa shape index (κ2) is 8.85. The maximum Gasteiger partial charge on any atom is 0.254 e. The molecule has 0 bridgehead atoms. The molecule has 2 N–H and O–H groups in total. The van der Waals surface area contributed by atoms with Crippen LogP contribution < -0.4 is 5.32 Å². The third-order valence-corrected chi connectivity index (χ3v) is 5.42. The van der Waals surface area contributed by atoms with Gasteiger partial charge in [0.15, 0.2) is 0 Å². The maximum atomic E-state index is 12.6. The van der Waals surface area contributed by atoms with Crippen LogP contribution >= 0.6 is 11.8 Å². The number of nitrogens with zero attached hydrogens (tertiary/aromatic N) is 3. The minimum atomic E-state index is -0.103. The summed E-state index contributed by atoms with van der Waals surface area (Å²) in [5, 5.41) is 14.6. The lowest BCUT2D eigenvalue weighted by molar-refractivity contribution is 0.0949. The standard InChI is InChI=1S/C19H23N5O2S/c1-12-15(10-22-23-12)6-4-8-20-18(25)16-7-5-9-21-19(16)27-11-17-13(2)24-26-14(17)3/h5,7,9-10H,4,6,8,11H2,1-3H3,(H,20,25)(H,22,23). The van der Waals surface area contributed by atoms with E-state index >= 15 is 0 Å². The number of carbonyl (C=O) groups is 1. The van der Waals surface area contributed by atoms with Crippen molar-refractivity contribution < 1.29 is 9.32 Å². The molecular formula is C19H23N5O2S. The van der Waals surface area contributed by atoms with Crippen molar-refractivity contribution in [3.05, 3.63) is 58.4 Å². The fourth-order valence-electron chi connectivity index (χ4n) is 2.73. The first-order valence-electron chi connectivity index (χ1n) is 8.83. The van der Waals surface area contributed by atoms with Gasteiger partial charge in [-0.3, -0.25) is 9.89 Å². The van der Waals surface area contributed by atoms with Crippen LogP contribution in [0.2, 0.25) is 0 Å². The molecule has 0 aromatic carbocycles. The molecule has 27 heavy (non-hydrogen) atoms. The Bertz CT molecular complexity index is 899. The SMILES string of the molecule is Cc1noc(C)c1CSc1ncccc1C(=O)NCCCc1cn[nH]c1C. The minimum Gasteiger partial charge on any atom is -0.361 e. The molecule has 3 rings (SSSR count). The second-order valence-corrected chi connectivity index (χ2v) is 7.29. The average molecular weight is 385 g/mol. The molecule has 0 aliphatic heterocycles. The highest BCUT2D eigenvalue weighted by atomic mass is 32.2. The Balaban J connectivity index is 1.56. The van der Waals surface area contributed by atoms with E-state index in [4.69, 9.17) is 4.52 Å². The van der Waals surface area contributed by atoms with E-state index in [0.29, 0.717) is 22.9 Å². The zero-order valence-corrected chi connectivity index (χ0v) is 16.5. The smallest absolute Gasteiger partial charge is 0.254 e. The van der Waals surface area contributed by atoms with Crippen molar-refractivity contribution in [1.29, 1.82) is 0 Å². The molecule has 3 aromatic rings. The van der Waals surface area contributed by atoms with Crippen LogP contribution in [0.4, 0.5) is 0 Å². The summed E-state index contributed by atoms with van der Waals surface area (Å²) in [5.74, 6) is 1.36.